The molecule has 20 heavy (non-hydrogen) atoms. The molecule has 0 saturated carbocycles. The molecule has 108 valence electrons. The summed E-state index contributed by atoms with van der Waals surface area (Å²) in [7, 11) is 0. The summed E-state index contributed by atoms with van der Waals surface area (Å²) >= 11 is 1.85. The van der Waals surface area contributed by atoms with Crippen molar-refractivity contribution in [1.29, 1.82) is 0 Å². The van der Waals surface area contributed by atoms with Crippen LogP contribution in [-0.4, -0.2) is 53.1 Å². The van der Waals surface area contributed by atoms with Gasteiger partial charge < -0.3 is 20.6 Å². The van der Waals surface area contributed by atoms with Gasteiger partial charge in [0.25, 0.3) is 5.91 Å². The van der Waals surface area contributed by atoms with E-state index in [0.717, 1.165) is 24.6 Å². The number of para-hydroxylation sites is 1. The van der Waals surface area contributed by atoms with Crippen molar-refractivity contribution in [2.75, 3.05) is 31.2 Å². The van der Waals surface area contributed by atoms with Gasteiger partial charge in [0, 0.05) is 24.6 Å². The first-order chi connectivity index (χ1) is 9.72. The van der Waals surface area contributed by atoms with Gasteiger partial charge in [0.15, 0.2) is 12.4 Å². The molecular weight excluding hydrogens is 278 g/mol. The van der Waals surface area contributed by atoms with E-state index in [-0.39, 0.29) is 18.3 Å². The Hall–Kier alpha value is -1.89. The van der Waals surface area contributed by atoms with Gasteiger partial charge in [0.1, 0.15) is 5.75 Å². The number of amidine groups is 1. The lowest BCUT2D eigenvalue weighted by atomic mass is 10.2. The topological polar surface area (TPSA) is 88.1 Å². The number of hydrogen-bond acceptors (Lipinski definition) is 5. The van der Waals surface area contributed by atoms with E-state index >= 15 is 0 Å². The normalized spacial score (nSPS) is 16.0. The Bertz CT molecular complexity index is 501. The SMILES string of the molecule is N/C(=N\O)c1ccccc1OCC(=O)N1CCSCC1. The third kappa shape index (κ3) is 3.57. The summed E-state index contributed by atoms with van der Waals surface area (Å²) in [5.74, 6) is 2.28. The van der Waals surface area contributed by atoms with Gasteiger partial charge in [-0.2, -0.15) is 11.8 Å². The van der Waals surface area contributed by atoms with E-state index in [1.807, 2.05) is 11.8 Å². The molecule has 0 aromatic heterocycles. The number of benzene rings is 1. The molecule has 1 aliphatic heterocycles. The van der Waals surface area contributed by atoms with Crippen LogP contribution in [0.3, 0.4) is 0 Å². The van der Waals surface area contributed by atoms with Gasteiger partial charge in [-0.15, -0.1) is 0 Å². The Balaban J connectivity index is 1.98. The first-order valence-corrected chi connectivity index (χ1v) is 7.43. The van der Waals surface area contributed by atoms with Crippen molar-refractivity contribution in [2.24, 2.45) is 10.9 Å². The number of oxime groups is 1. The highest BCUT2D eigenvalue weighted by molar-refractivity contribution is 7.99. The van der Waals surface area contributed by atoms with E-state index in [2.05, 4.69) is 5.16 Å². The lowest BCUT2D eigenvalue weighted by molar-refractivity contribution is -0.132. The molecular formula is C13H17N3O3S. The summed E-state index contributed by atoms with van der Waals surface area (Å²) < 4.78 is 5.51. The minimum atomic E-state index is -0.0420. The van der Waals surface area contributed by atoms with Crippen molar-refractivity contribution >= 4 is 23.5 Å². The Kier molecular flexibility index (Phi) is 5.11. The van der Waals surface area contributed by atoms with Crippen LogP contribution in [0.4, 0.5) is 0 Å². The van der Waals surface area contributed by atoms with Crippen LogP contribution in [-0.2, 0) is 4.79 Å². The number of ether oxygens (including phenoxy) is 1. The zero-order valence-corrected chi connectivity index (χ0v) is 11.8. The molecule has 0 unspecified atom stereocenters. The second-order valence-electron chi connectivity index (χ2n) is 4.26. The molecule has 3 N–H and O–H groups in total. The maximum Gasteiger partial charge on any atom is 0.260 e. The number of thioether (sulfide) groups is 1. The predicted molar refractivity (Wildman–Crippen MR) is 78.4 cm³/mol. The molecule has 1 amide bonds. The first kappa shape index (κ1) is 14.5. The van der Waals surface area contributed by atoms with Crippen molar-refractivity contribution in [3.05, 3.63) is 29.8 Å². The maximum atomic E-state index is 12.0. The van der Waals surface area contributed by atoms with E-state index in [9.17, 15) is 4.79 Å². The number of nitrogens with two attached hydrogens (primary N) is 1. The predicted octanol–water partition coefficient (Wildman–Crippen LogP) is 0.735. The number of rotatable bonds is 4. The lowest BCUT2D eigenvalue weighted by Gasteiger charge is -2.26. The molecule has 0 spiro atoms. The first-order valence-electron chi connectivity index (χ1n) is 6.27. The van der Waals surface area contributed by atoms with Crippen LogP contribution < -0.4 is 10.5 Å². The Morgan fingerprint density at radius 1 is 1.40 bits per heavy atom. The average Bonchev–Trinajstić information content (AvgIpc) is 2.53. The molecule has 0 bridgehead atoms. The fourth-order valence-corrected chi connectivity index (χ4v) is 2.80. The summed E-state index contributed by atoms with van der Waals surface area (Å²) in [6.45, 7) is 1.48. The molecule has 7 heteroatoms. The third-order valence-electron chi connectivity index (χ3n) is 2.99. The second-order valence-corrected chi connectivity index (χ2v) is 5.49. The van der Waals surface area contributed by atoms with Crippen LogP contribution in [0.2, 0.25) is 0 Å². The molecule has 2 rings (SSSR count). The minimum absolute atomic E-state index is 0.0394. The van der Waals surface area contributed by atoms with E-state index in [1.54, 1.807) is 29.2 Å². The zero-order valence-electron chi connectivity index (χ0n) is 11.0. The standard InChI is InChI=1S/C13H17N3O3S/c14-13(15-18)10-3-1-2-4-11(10)19-9-12(17)16-5-7-20-8-6-16/h1-4,18H,5-9H2,(H2,14,15). The van der Waals surface area contributed by atoms with Crippen LogP contribution in [0.1, 0.15) is 5.56 Å². The largest absolute Gasteiger partial charge is 0.483 e. The summed E-state index contributed by atoms with van der Waals surface area (Å²) in [4.78, 5) is 13.8. The zero-order chi connectivity index (χ0) is 14.4. The van der Waals surface area contributed by atoms with Crippen molar-refractivity contribution < 1.29 is 14.7 Å². The minimum Gasteiger partial charge on any atom is -0.483 e. The van der Waals surface area contributed by atoms with Gasteiger partial charge in [-0.25, -0.2) is 0 Å². The second kappa shape index (κ2) is 7.04. The molecule has 1 aromatic carbocycles. The Labute approximate surface area is 121 Å². The molecule has 1 fully saturated rings. The molecule has 1 aliphatic rings. The highest BCUT2D eigenvalue weighted by Crippen LogP contribution is 2.18. The van der Waals surface area contributed by atoms with Crippen LogP contribution in [0.15, 0.2) is 29.4 Å². The van der Waals surface area contributed by atoms with Gasteiger partial charge in [0.05, 0.1) is 5.56 Å². The van der Waals surface area contributed by atoms with Crippen molar-refractivity contribution in [3.8, 4) is 5.75 Å². The lowest BCUT2D eigenvalue weighted by Crippen LogP contribution is -2.40. The molecule has 1 saturated heterocycles. The summed E-state index contributed by atoms with van der Waals surface area (Å²) in [6, 6.07) is 6.88. The summed E-state index contributed by atoms with van der Waals surface area (Å²) in [6.07, 6.45) is 0. The number of nitrogens with zero attached hydrogens (tertiary/aromatic N) is 2. The molecule has 0 atom stereocenters. The Morgan fingerprint density at radius 3 is 2.80 bits per heavy atom. The highest BCUT2D eigenvalue weighted by atomic mass is 32.2. The van der Waals surface area contributed by atoms with Crippen LogP contribution in [0, 0.1) is 0 Å². The molecule has 1 heterocycles. The van der Waals surface area contributed by atoms with E-state index in [1.165, 1.54) is 0 Å². The van der Waals surface area contributed by atoms with Gasteiger partial charge in [-0.05, 0) is 12.1 Å². The van der Waals surface area contributed by atoms with Crippen molar-refractivity contribution in [2.45, 2.75) is 0 Å². The van der Waals surface area contributed by atoms with Gasteiger partial charge in [0.2, 0.25) is 0 Å². The molecule has 1 aromatic rings. The number of carbonyl (C=O) groups excluding carboxylic acids is 1. The number of hydrogen-bond donors (Lipinski definition) is 2. The van der Waals surface area contributed by atoms with E-state index < -0.39 is 0 Å². The fraction of sp³-hybridized carbons (Fsp3) is 0.385. The third-order valence-corrected chi connectivity index (χ3v) is 3.93. The van der Waals surface area contributed by atoms with E-state index in [4.69, 9.17) is 15.7 Å². The quantitative estimate of drug-likeness (QED) is 0.370. The molecule has 0 radical (unpaired) electrons. The van der Waals surface area contributed by atoms with Gasteiger partial charge in [-0.3, -0.25) is 4.79 Å². The Morgan fingerprint density at radius 2 is 2.10 bits per heavy atom. The van der Waals surface area contributed by atoms with Gasteiger partial charge >= 0.3 is 0 Å². The van der Waals surface area contributed by atoms with E-state index in [0.29, 0.717) is 11.3 Å². The van der Waals surface area contributed by atoms with Crippen LogP contribution >= 0.6 is 11.8 Å². The maximum absolute atomic E-state index is 12.0. The summed E-state index contributed by atoms with van der Waals surface area (Å²) in [5.41, 5.74) is 6.04. The molecule has 6 nitrogen and oxygen atoms in total. The number of carbonyl (C=O) groups is 1. The highest BCUT2D eigenvalue weighted by Gasteiger charge is 2.18. The average molecular weight is 295 g/mol. The van der Waals surface area contributed by atoms with Gasteiger partial charge in [-0.1, -0.05) is 17.3 Å². The smallest absolute Gasteiger partial charge is 0.260 e. The fourth-order valence-electron chi connectivity index (χ4n) is 1.90. The molecule has 0 aliphatic carbocycles. The number of amides is 1. The summed E-state index contributed by atoms with van der Waals surface area (Å²) in [5, 5.41) is 11.7. The van der Waals surface area contributed by atoms with Crippen LogP contribution in [0.5, 0.6) is 5.75 Å². The monoisotopic (exact) mass is 295 g/mol. The van der Waals surface area contributed by atoms with Crippen LogP contribution in [0.25, 0.3) is 0 Å². The van der Waals surface area contributed by atoms with Crippen molar-refractivity contribution in [3.63, 3.8) is 0 Å². The van der Waals surface area contributed by atoms with Crippen molar-refractivity contribution in [1.82, 2.24) is 4.90 Å².